The summed E-state index contributed by atoms with van der Waals surface area (Å²) in [5, 5.41) is 48.2. The number of amides is 1. The maximum atomic E-state index is 14.4. The van der Waals surface area contributed by atoms with E-state index >= 15 is 0 Å². The second kappa shape index (κ2) is 24.0. The Hall–Kier alpha value is -3.23. The zero-order valence-electron chi connectivity index (χ0n) is 37.2. The van der Waals surface area contributed by atoms with Gasteiger partial charge in [-0.2, -0.15) is 5.26 Å². The smallest absolute Gasteiger partial charge is 0.329 e. The molecular formula is C46H75N3O12. The van der Waals surface area contributed by atoms with Gasteiger partial charge < -0.3 is 48.7 Å². The van der Waals surface area contributed by atoms with Gasteiger partial charge in [-0.25, -0.2) is 4.79 Å². The van der Waals surface area contributed by atoms with Gasteiger partial charge >= 0.3 is 5.97 Å². The number of esters is 1. The number of hydrogen-bond donors (Lipinski definition) is 3. The minimum Gasteiger partial charge on any atom is -0.456 e. The van der Waals surface area contributed by atoms with E-state index in [0.717, 1.165) is 5.57 Å². The maximum Gasteiger partial charge on any atom is 0.329 e. The summed E-state index contributed by atoms with van der Waals surface area (Å²) in [7, 11) is 4.64. The number of piperidine rings is 1. The van der Waals surface area contributed by atoms with Crippen molar-refractivity contribution < 1.29 is 58.2 Å². The van der Waals surface area contributed by atoms with Crippen LogP contribution in [0.1, 0.15) is 120 Å². The van der Waals surface area contributed by atoms with E-state index in [9.17, 15) is 35.0 Å². The summed E-state index contributed by atoms with van der Waals surface area (Å²) in [4.78, 5) is 49.6. The van der Waals surface area contributed by atoms with E-state index in [1.807, 2.05) is 32.9 Å². The predicted octanol–water partition coefficient (Wildman–Crippen LogP) is 5.44. The van der Waals surface area contributed by atoms with Gasteiger partial charge in [0.1, 0.15) is 24.3 Å². The maximum absolute atomic E-state index is 14.4. The third-order valence-electron chi connectivity index (χ3n) is 13.2. The molecule has 15 heteroatoms. The van der Waals surface area contributed by atoms with Crippen LogP contribution in [0.3, 0.4) is 0 Å². The van der Waals surface area contributed by atoms with Gasteiger partial charge in [0.05, 0.1) is 36.2 Å². The molecule has 0 aromatic heterocycles. The van der Waals surface area contributed by atoms with Crippen LogP contribution in [0.5, 0.6) is 0 Å². The van der Waals surface area contributed by atoms with Crippen molar-refractivity contribution in [2.75, 3.05) is 34.5 Å². The number of carbonyl (C=O) groups is 3. The molecule has 61 heavy (non-hydrogen) atoms. The van der Waals surface area contributed by atoms with Crippen molar-refractivity contribution in [2.24, 2.45) is 34.7 Å². The van der Waals surface area contributed by atoms with Gasteiger partial charge in [-0.1, -0.05) is 58.0 Å². The highest BCUT2D eigenvalue weighted by atomic mass is 16.7. The number of Topliss-reactive ketones (excluding diaryl/α,β-unsaturated/α-hetero) is 1. The molecule has 14 atom stereocenters. The van der Waals surface area contributed by atoms with Gasteiger partial charge in [0.2, 0.25) is 12.4 Å². The second-order valence-corrected chi connectivity index (χ2v) is 17.7. The second-order valence-electron chi connectivity index (χ2n) is 17.7. The largest absolute Gasteiger partial charge is 0.456 e. The number of carbonyl (C=O) groups excluding carboxylic acids is 3. The van der Waals surface area contributed by atoms with Gasteiger partial charge in [0.25, 0.3) is 11.7 Å². The average molecular weight is 862 g/mol. The monoisotopic (exact) mass is 862 g/mol. The number of aliphatic hydroxyl groups excluding tert-OH is 2. The first-order valence-electron chi connectivity index (χ1n) is 21.8. The molecule has 4 rings (SSSR count). The predicted molar refractivity (Wildman–Crippen MR) is 229 cm³/mol. The summed E-state index contributed by atoms with van der Waals surface area (Å²) in [6.07, 6.45) is 4.14. The number of aliphatic hydroxyl groups is 3. The summed E-state index contributed by atoms with van der Waals surface area (Å²) in [6.45, 7) is 11.2. The average Bonchev–Trinajstić information content (AvgIpc) is 3.23. The fourth-order valence-corrected chi connectivity index (χ4v) is 9.66. The van der Waals surface area contributed by atoms with Crippen LogP contribution < -0.4 is 0 Å². The van der Waals surface area contributed by atoms with Crippen molar-refractivity contribution in [1.29, 1.82) is 5.26 Å². The number of oxime groups is 1. The van der Waals surface area contributed by atoms with Gasteiger partial charge in [0, 0.05) is 52.0 Å². The number of ether oxygens (including phenoxy) is 5. The molecule has 3 heterocycles. The minimum atomic E-state index is -2.51. The topological polar surface area (TPSA) is 207 Å². The molecule has 0 radical (unpaired) electrons. The van der Waals surface area contributed by atoms with Crippen molar-refractivity contribution in [3.63, 3.8) is 0 Å². The lowest BCUT2D eigenvalue weighted by molar-refractivity contribution is -0.302. The SMILES string of the molecule is C.CC[C@@H]1/C=C(\C)C[C@H](C)C[C@H](OC)[C@H]2O[C@@](O)(C(=O)C(=O)N3CCCC[C@H]3C(=O)O[C@H](/C(C)=C/[C@@H]3CC[C@@H](O)[C@H](OC)C3)[C@H](C)[C@@H](O)C/C1=N/OCC#N)[C@H](C)C[C@@H]2OC. The molecule has 0 spiro atoms. The number of hydrogen-bond acceptors (Lipinski definition) is 14. The molecule has 1 aliphatic carbocycles. The number of nitriles is 1. The lowest BCUT2D eigenvalue weighted by Gasteiger charge is -2.47. The fourth-order valence-electron chi connectivity index (χ4n) is 9.66. The number of rotatable bonds is 8. The Kier molecular flexibility index (Phi) is 20.5. The molecule has 3 N–H and O–H groups in total. The Bertz CT molecular complexity index is 1590. The van der Waals surface area contributed by atoms with Crippen LogP contribution in [0.25, 0.3) is 0 Å². The summed E-state index contributed by atoms with van der Waals surface area (Å²) in [6, 6.07) is 0.805. The van der Waals surface area contributed by atoms with Crippen LogP contribution in [-0.4, -0.2) is 133 Å². The lowest BCUT2D eigenvalue weighted by Crippen LogP contribution is -2.64. The highest BCUT2D eigenvalue weighted by Crippen LogP contribution is 2.39. The van der Waals surface area contributed by atoms with Crippen LogP contribution in [-0.2, 0) is 42.9 Å². The third-order valence-corrected chi connectivity index (χ3v) is 13.2. The Morgan fingerprint density at radius 3 is 2.30 bits per heavy atom. The van der Waals surface area contributed by atoms with E-state index in [-0.39, 0.29) is 63.7 Å². The molecule has 3 aliphatic heterocycles. The summed E-state index contributed by atoms with van der Waals surface area (Å²) in [5.74, 6) is -7.21. The molecule has 2 saturated heterocycles. The lowest BCUT2D eigenvalue weighted by atomic mass is 9.81. The molecular weight excluding hydrogens is 787 g/mol. The van der Waals surface area contributed by atoms with Gasteiger partial charge in [-0.3, -0.25) is 9.59 Å². The number of methoxy groups -OCH3 is 3. The van der Waals surface area contributed by atoms with Crippen LogP contribution in [0.2, 0.25) is 0 Å². The van der Waals surface area contributed by atoms with Gasteiger partial charge in [-0.05, 0) is 95.5 Å². The molecule has 1 saturated carbocycles. The van der Waals surface area contributed by atoms with E-state index in [0.29, 0.717) is 62.7 Å². The summed E-state index contributed by atoms with van der Waals surface area (Å²) < 4.78 is 30.0. The highest BCUT2D eigenvalue weighted by molar-refractivity contribution is 6.39. The minimum absolute atomic E-state index is 0. The van der Waals surface area contributed by atoms with Crippen LogP contribution in [0.15, 0.2) is 28.5 Å². The first kappa shape index (κ1) is 52.1. The molecule has 1 amide bonds. The van der Waals surface area contributed by atoms with E-state index in [1.165, 1.54) is 19.1 Å². The molecule has 3 fully saturated rings. The van der Waals surface area contributed by atoms with Crippen LogP contribution in [0, 0.1) is 40.9 Å². The summed E-state index contributed by atoms with van der Waals surface area (Å²) in [5.41, 5.74) is 2.25. The van der Waals surface area contributed by atoms with Crippen molar-refractivity contribution in [1.82, 2.24) is 4.90 Å². The van der Waals surface area contributed by atoms with Crippen LogP contribution >= 0.6 is 0 Å². The van der Waals surface area contributed by atoms with E-state index in [2.05, 4.69) is 18.2 Å². The standard InChI is InChI=1S/C45H71N3O12.CH4/c1-10-32-20-26(2)19-27(3)21-38(56-8)41-39(57-9)23-29(5)45(54,60-41)42(51)43(52)48-17-12-11-13-34(48)44(53)59-40(30(6)36(50)25-33(32)47-58-18-16-46)28(4)22-31-14-15-35(49)37(24-31)55-7;/h20,22,27,29-32,34-41,49-50,54H,10-15,17-19,21,23-25H2,1-9H3;1H4/b26-20+,28-22+,47-33-;/t27-,29+,30+,31-,32+,34-,35+,36-,37+,38-,39-,40+,41+,45+;/m0./s1. The fraction of sp³-hybridized carbons (Fsp3) is 0.804. The Morgan fingerprint density at radius 2 is 1.66 bits per heavy atom. The van der Waals surface area contributed by atoms with Crippen molar-refractivity contribution in [3.8, 4) is 6.07 Å². The first-order valence-corrected chi connectivity index (χ1v) is 21.8. The molecule has 2 bridgehead atoms. The van der Waals surface area contributed by atoms with Crippen molar-refractivity contribution in [3.05, 3.63) is 23.3 Å². The number of fused-ring (bicyclic) bond motifs is 3. The number of nitrogens with zero attached hydrogens (tertiary/aromatic N) is 3. The quantitative estimate of drug-likeness (QED) is 0.0916. The molecule has 346 valence electrons. The van der Waals surface area contributed by atoms with E-state index < -0.39 is 77.9 Å². The van der Waals surface area contributed by atoms with E-state index in [4.69, 9.17) is 28.5 Å². The normalized spacial score (nSPS) is 39.4. The zero-order chi connectivity index (χ0) is 44.3. The molecule has 0 unspecified atom stereocenters. The van der Waals surface area contributed by atoms with E-state index in [1.54, 1.807) is 21.0 Å². The number of ketones is 1. The number of cyclic esters (lactones) is 1. The Balaban J connectivity index is 0.00000992. The van der Waals surface area contributed by atoms with Crippen molar-refractivity contribution >= 4 is 23.4 Å². The molecule has 4 aliphatic rings. The Morgan fingerprint density at radius 1 is 0.984 bits per heavy atom. The number of allylic oxidation sites excluding steroid dienone is 3. The third kappa shape index (κ3) is 12.9. The van der Waals surface area contributed by atoms with Crippen molar-refractivity contribution in [2.45, 2.75) is 174 Å². The Labute approximate surface area is 363 Å². The van der Waals surface area contributed by atoms with Crippen LogP contribution in [0.4, 0.5) is 0 Å². The molecule has 15 nitrogen and oxygen atoms in total. The molecule has 0 aromatic rings. The zero-order valence-corrected chi connectivity index (χ0v) is 37.2. The molecule has 0 aromatic carbocycles. The van der Waals surface area contributed by atoms with Gasteiger partial charge in [-0.15, -0.1) is 0 Å². The first-order chi connectivity index (χ1) is 28.5. The highest BCUT2D eigenvalue weighted by Gasteiger charge is 2.56. The summed E-state index contributed by atoms with van der Waals surface area (Å²) >= 11 is 0. The van der Waals surface area contributed by atoms with Gasteiger partial charge in [0.15, 0.2) is 0 Å².